The van der Waals surface area contributed by atoms with Gasteiger partial charge in [0.1, 0.15) is 5.82 Å². The van der Waals surface area contributed by atoms with Crippen molar-refractivity contribution in [2.75, 3.05) is 13.1 Å². The molecule has 1 aromatic carbocycles. The summed E-state index contributed by atoms with van der Waals surface area (Å²) in [6.07, 6.45) is 0. The average Bonchev–Trinajstić information content (AvgIpc) is 2.36. The third-order valence-corrected chi connectivity index (χ3v) is 2.93. The largest absolute Gasteiger partial charge is 0.357 e. The highest BCUT2D eigenvalue weighted by Crippen LogP contribution is 2.16. The molecule has 0 saturated carbocycles. The second-order valence-corrected chi connectivity index (χ2v) is 5.62. The van der Waals surface area contributed by atoms with Crippen LogP contribution in [0.2, 0.25) is 0 Å². The Balaban J connectivity index is 2.70. The minimum absolute atomic E-state index is 0.230. The van der Waals surface area contributed by atoms with Crippen molar-refractivity contribution < 1.29 is 4.39 Å². The van der Waals surface area contributed by atoms with E-state index < -0.39 is 0 Å². The molecule has 0 unspecified atom stereocenters. The minimum atomic E-state index is -0.230. The first kappa shape index (κ1) is 16.0. The maximum atomic E-state index is 13.6. The quantitative estimate of drug-likeness (QED) is 0.642. The zero-order chi connectivity index (χ0) is 14.3. The van der Waals surface area contributed by atoms with E-state index in [4.69, 9.17) is 0 Å². The lowest BCUT2D eigenvalue weighted by Gasteiger charge is -2.13. The maximum Gasteiger partial charge on any atom is 0.191 e. The van der Waals surface area contributed by atoms with Crippen LogP contribution in [0.15, 0.2) is 27.7 Å². The number of benzene rings is 1. The van der Waals surface area contributed by atoms with E-state index in [0.29, 0.717) is 18.0 Å². The van der Waals surface area contributed by atoms with E-state index in [1.54, 1.807) is 12.1 Å². The number of hydrogen-bond acceptors (Lipinski definition) is 1. The first-order valence-electron chi connectivity index (χ1n) is 6.49. The zero-order valence-corrected chi connectivity index (χ0v) is 13.2. The molecule has 0 radical (unpaired) electrons. The summed E-state index contributed by atoms with van der Waals surface area (Å²) >= 11 is 3.34. The van der Waals surface area contributed by atoms with Crippen molar-refractivity contribution >= 4 is 21.9 Å². The average molecular weight is 330 g/mol. The van der Waals surface area contributed by atoms with Gasteiger partial charge in [0.05, 0.1) is 6.54 Å². The molecular formula is C14H21BrFN3. The van der Waals surface area contributed by atoms with Gasteiger partial charge >= 0.3 is 0 Å². The van der Waals surface area contributed by atoms with Crippen molar-refractivity contribution in [1.29, 1.82) is 0 Å². The van der Waals surface area contributed by atoms with Gasteiger partial charge in [-0.2, -0.15) is 0 Å². The van der Waals surface area contributed by atoms with Crippen LogP contribution in [0.5, 0.6) is 0 Å². The molecule has 0 amide bonds. The standard InChI is InChI=1S/C14H21BrFN3/c1-4-17-14(18-8-10(2)3)19-9-11-7-12(15)5-6-13(11)16/h5-7,10H,4,8-9H2,1-3H3,(H2,17,18,19). The van der Waals surface area contributed by atoms with Gasteiger partial charge in [0.25, 0.3) is 0 Å². The number of nitrogens with zero attached hydrogens (tertiary/aromatic N) is 1. The Morgan fingerprint density at radius 1 is 1.37 bits per heavy atom. The highest BCUT2D eigenvalue weighted by Gasteiger charge is 2.03. The van der Waals surface area contributed by atoms with Gasteiger partial charge in [-0.05, 0) is 31.0 Å². The van der Waals surface area contributed by atoms with Gasteiger partial charge in [-0.1, -0.05) is 29.8 Å². The third-order valence-electron chi connectivity index (χ3n) is 2.44. The van der Waals surface area contributed by atoms with Crippen molar-refractivity contribution in [3.05, 3.63) is 34.1 Å². The van der Waals surface area contributed by atoms with Crippen LogP contribution >= 0.6 is 15.9 Å². The Hall–Kier alpha value is -1.10. The van der Waals surface area contributed by atoms with Gasteiger partial charge in [-0.15, -0.1) is 0 Å². The van der Waals surface area contributed by atoms with Gasteiger partial charge in [-0.3, -0.25) is 0 Å². The smallest absolute Gasteiger partial charge is 0.191 e. The van der Waals surface area contributed by atoms with Crippen molar-refractivity contribution in [2.45, 2.75) is 27.3 Å². The number of aliphatic imine (C=N–C) groups is 1. The minimum Gasteiger partial charge on any atom is -0.357 e. The fraction of sp³-hybridized carbons (Fsp3) is 0.500. The zero-order valence-electron chi connectivity index (χ0n) is 11.6. The van der Waals surface area contributed by atoms with Gasteiger partial charge in [0, 0.05) is 23.1 Å². The summed E-state index contributed by atoms with van der Waals surface area (Å²) in [5.74, 6) is 1.02. The maximum absolute atomic E-state index is 13.6. The van der Waals surface area contributed by atoms with Crippen LogP contribution in [0.3, 0.4) is 0 Å². The van der Waals surface area contributed by atoms with Crippen LogP contribution in [0, 0.1) is 11.7 Å². The van der Waals surface area contributed by atoms with Gasteiger partial charge in [0.15, 0.2) is 5.96 Å². The first-order chi connectivity index (χ1) is 9.02. The lowest BCUT2D eigenvalue weighted by atomic mass is 10.2. The van der Waals surface area contributed by atoms with E-state index in [1.807, 2.05) is 6.92 Å². The molecule has 0 bridgehead atoms. The van der Waals surface area contributed by atoms with Crippen LogP contribution in [0.25, 0.3) is 0 Å². The lowest BCUT2D eigenvalue weighted by molar-refractivity contribution is 0.605. The molecule has 0 aliphatic carbocycles. The van der Waals surface area contributed by atoms with Crippen LogP contribution in [0.1, 0.15) is 26.3 Å². The van der Waals surface area contributed by atoms with Crippen molar-refractivity contribution in [3.8, 4) is 0 Å². The molecule has 0 saturated heterocycles. The van der Waals surface area contributed by atoms with E-state index in [1.165, 1.54) is 6.07 Å². The van der Waals surface area contributed by atoms with Crippen LogP contribution < -0.4 is 10.6 Å². The monoisotopic (exact) mass is 329 g/mol. The second-order valence-electron chi connectivity index (χ2n) is 4.71. The molecule has 19 heavy (non-hydrogen) atoms. The van der Waals surface area contributed by atoms with E-state index in [-0.39, 0.29) is 5.82 Å². The van der Waals surface area contributed by atoms with Gasteiger partial charge in [-0.25, -0.2) is 9.38 Å². The molecule has 106 valence electrons. The Bertz CT molecular complexity index is 433. The Labute approximate surface area is 122 Å². The van der Waals surface area contributed by atoms with Crippen LogP contribution in [-0.4, -0.2) is 19.0 Å². The summed E-state index contributed by atoms with van der Waals surface area (Å²) in [4.78, 5) is 4.39. The number of nitrogens with one attached hydrogen (secondary N) is 2. The summed E-state index contributed by atoms with van der Waals surface area (Å²) in [5, 5.41) is 6.38. The Morgan fingerprint density at radius 3 is 2.74 bits per heavy atom. The number of hydrogen-bond donors (Lipinski definition) is 2. The molecule has 0 aromatic heterocycles. The highest BCUT2D eigenvalue weighted by molar-refractivity contribution is 9.10. The van der Waals surface area contributed by atoms with Crippen LogP contribution in [0.4, 0.5) is 4.39 Å². The Morgan fingerprint density at radius 2 is 2.11 bits per heavy atom. The lowest BCUT2D eigenvalue weighted by Crippen LogP contribution is -2.39. The molecule has 0 spiro atoms. The van der Waals surface area contributed by atoms with Crippen LogP contribution in [-0.2, 0) is 6.54 Å². The molecule has 0 aliphatic rings. The number of guanidine groups is 1. The second kappa shape index (κ2) is 8.15. The summed E-state index contributed by atoms with van der Waals surface area (Å²) in [6, 6.07) is 4.89. The molecule has 0 heterocycles. The molecule has 2 N–H and O–H groups in total. The fourth-order valence-electron chi connectivity index (χ4n) is 1.47. The summed E-state index contributed by atoms with van der Waals surface area (Å²) in [7, 11) is 0. The topological polar surface area (TPSA) is 36.4 Å². The molecule has 3 nitrogen and oxygen atoms in total. The molecule has 0 atom stereocenters. The van der Waals surface area contributed by atoms with E-state index in [9.17, 15) is 4.39 Å². The predicted octanol–water partition coefficient (Wildman–Crippen LogP) is 3.30. The highest BCUT2D eigenvalue weighted by atomic mass is 79.9. The summed E-state index contributed by atoms with van der Waals surface area (Å²) in [6.45, 7) is 8.21. The summed E-state index contributed by atoms with van der Waals surface area (Å²) in [5.41, 5.74) is 0.580. The summed E-state index contributed by atoms with van der Waals surface area (Å²) < 4.78 is 14.4. The molecule has 5 heteroatoms. The first-order valence-corrected chi connectivity index (χ1v) is 7.28. The van der Waals surface area contributed by atoms with Crippen molar-refractivity contribution in [1.82, 2.24) is 10.6 Å². The number of halogens is 2. The molecule has 0 fully saturated rings. The van der Waals surface area contributed by atoms with Crippen molar-refractivity contribution in [2.24, 2.45) is 10.9 Å². The molecule has 1 aromatic rings. The van der Waals surface area contributed by atoms with E-state index in [0.717, 1.165) is 23.5 Å². The molecular weight excluding hydrogens is 309 g/mol. The van der Waals surface area contributed by atoms with Crippen molar-refractivity contribution in [3.63, 3.8) is 0 Å². The fourth-order valence-corrected chi connectivity index (χ4v) is 1.88. The van der Waals surface area contributed by atoms with Gasteiger partial charge in [0.2, 0.25) is 0 Å². The normalized spacial score (nSPS) is 11.8. The third kappa shape index (κ3) is 6.05. The Kier molecular flexibility index (Phi) is 6.84. The number of rotatable bonds is 5. The SMILES string of the molecule is CCNC(=NCc1cc(Br)ccc1F)NCC(C)C. The van der Waals surface area contributed by atoms with Gasteiger partial charge < -0.3 is 10.6 Å². The van der Waals surface area contributed by atoms with E-state index >= 15 is 0 Å². The molecule has 1 rings (SSSR count). The predicted molar refractivity (Wildman–Crippen MR) is 81.8 cm³/mol. The molecule has 0 aliphatic heterocycles. The van der Waals surface area contributed by atoms with E-state index in [2.05, 4.69) is 45.4 Å².